The van der Waals surface area contributed by atoms with Gasteiger partial charge >= 0.3 is 0 Å². The fourth-order valence-corrected chi connectivity index (χ4v) is 3.07. The molecule has 1 aliphatic heterocycles. The quantitative estimate of drug-likeness (QED) is 0.895. The average Bonchev–Trinajstić information content (AvgIpc) is 3.27. The van der Waals surface area contributed by atoms with E-state index in [-0.39, 0.29) is 0 Å². The molecule has 1 saturated heterocycles. The van der Waals surface area contributed by atoms with Crippen molar-refractivity contribution < 1.29 is 0 Å². The first-order valence-corrected chi connectivity index (χ1v) is 7.50. The predicted octanol–water partition coefficient (Wildman–Crippen LogP) is 1.81. The van der Waals surface area contributed by atoms with Crippen LogP contribution in [0.5, 0.6) is 0 Å². The van der Waals surface area contributed by atoms with Gasteiger partial charge in [-0.25, -0.2) is 0 Å². The second-order valence-corrected chi connectivity index (χ2v) is 6.04. The molecule has 3 rings (SSSR count). The molecule has 19 heavy (non-hydrogen) atoms. The van der Waals surface area contributed by atoms with Gasteiger partial charge in [0.25, 0.3) is 0 Å². The maximum Gasteiger partial charge on any atom is 0.0471 e. The van der Waals surface area contributed by atoms with E-state index >= 15 is 0 Å². The van der Waals surface area contributed by atoms with Gasteiger partial charge in [-0.1, -0.05) is 24.3 Å². The molecule has 0 spiro atoms. The van der Waals surface area contributed by atoms with Crippen molar-refractivity contribution >= 4 is 0 Å². The first-order valence-electron chi connectivity index (χ1n) is 7.50. The van der Waals surface area contributed by atoms with Crippen molar-refractivity contribution in [2.24, 2.45) is 5.73 Å². The molecule has 0 amide bonds. The molecule has 2 fully saturated rings. The lowest BCUT2D eigenvalue weighted by atomic mass is 10.00. The van der Waals surface area contributed by atoms with Gasteiger partial charge in [0.2, 0.25) is 0 Å². The number of piperazine rings is 1. The third-order valence-electron chi connectivity index (χ3n) is 4.55. The Hall–Kier alpha value is -0.900. The van der Waals surface area contributed by atoms with Crippen LogP contribution in [0, 0.1) is 0 Å². The van der Waals surface area contributed by atoms with Crippen LogP contribution in [0.15, 0.2) is 24.3 Å². The van der Waals surface area contributed by atoms with Crippen molar-refractivity contribution in [2.75, 3.05) is 39.8 Å². The Balaban J connectivity index is 1.75. The van der Waals surface area contributed by atoms with Crippen molar-refractivity contribution in [3.05, 3.63) is 35.4 Å². The summed E-state index contributed by atoms with van der Waals surface area (Å²) >= 11 is 0. The van der Waals surface area contributed by atoms with Gasteiger partial charge in [0, 0.05) is 38.8 Å². The minimum atomic E-state index is 0.396. The monoisotopic (exact) mass is 259 g/mol. The third-order valence-corrected chi connectivity index (χ3v) is 4.55. The Kier molecular flexibility index (Phi) is 3.87. The van der Waals surface area contributed by atoms with E-state index in [1.807, 2.05) is 0 Å². The van der Waals surface area contributed by atoms with E-state index in [9.17, 15) is 0 Å². The maximum absolute atomic E-state index is 6.06. The topological polar surface area (TPSA) is 32.5 Å². The lowest BCUT2D eigenvalue weighted by Crippen LogP contribution is -2.47. The lowest BCUT2D eigenvalue weighted by Gasteiger charge is -2.37. The molecule has 0 bridgehead atoms. The summed E-state index contributed by atoms with van der Waals surface area (Å²) in [6, 6.07) is 9.53. The summed E-state index contributed by atoms with van der Waals surface area (Å²) in [5.41, 5.74) is 8.99. The van der Waals surface area contributed by atoms with Crippen molar-refractivity contribution in [3.63, 3.8) is 0 Å². The summed E-state index contributed by atoms with van der Waals surface area (Å²) in [5.74, 6) is 0.825. The number of benzene rings is 1. The summed E-state index contributed by atoms with van der Waals surface area (Å²) < 4.78 is 0. The molecule has 2 aliphatic rings. The second kappa shape index (κ2) is 5.61. The van der Waals surface area contributed by atoms with Crippen molar-refractivity contribution in [1.82, 2.24) is 9.80 Å². The molecular weight excluding hydrogens is 234 g/mol. The Labute approximate surface area is 116 Å². The van der Waals surface area contributed by atoms with Crippen LogP contribution in [0.1, 0.15) is 35.9 Å². The van der Waals surface area contributed by atoms with Crippen molar-refractivity contribution in [1.29, 1.82) is 0 Å². The summed E-state index contributed by atoms with van der Waals surface area (Å²) in [6.07, 6.45) is 2.73. The molecule has 1 aromatic carbocycles. The van der Waals surface area contributed by atoms with Crippen LogP contribution < -0.4 is 5.73 Å². The first kappa shape index (κ1) is 13.1. The van der Waals surface area contributed by atoms with Crippen molar-refractivity contribution in [3.8, 4) is 0 Å². The number of nitrogens with zero attached hydrogens (tertiary/aromatic N) is 2. The Morgan fingerprint density at radius 1 is 1.21 bits per heavy atom. The molecule has 3 heteroatoms. The zero-order chi connectivity index (χ0) is 13.2. The number of nitrogens with two attached hydrogens (primary N) is 1. The van der Waals surface area contributed by atoms with E-state index in [0.29, 0.717) is 6.04 Å². The van der Waals surface area contributed by atoms with Gasteiger partial charge in [0.15, 0.2) is 0 Å². The molecule has 0 radical (unpaired) electrons. The van der Waals surface area contributed by atoms with E-state index in [1.165, 1.54) is 24.0 Å². The van der Waals surface area contributed by atoms with Gasteiger partial charge in [0.1, 0.15) is 0 Å². The minimum Gasteiger partial charge on any atom is -0.329 e. The average molecular weight is 259 g/mol. The summed E-state index contributed by atoms with van der Waals surface area (Å²) in [6.45, 7) is 5.29. The van der Waals surface area contributed by atoms with E-state index in [4.69, 9.17) is 5.73 Å². The van der Waals surface area contributed by atoms with Crippen LogP contribution in [0.4, 0.5) is 0 Å². The summed E-state index contributed by atoms with van der Waals surface area (Å²) in [7, 11) is 2.20. The SMILES string of the molecule is CN1CCN(C(CN)c2cccc(C3CC3)c2)CC1. The van der Waals surface area contributed by atoms with Crippen LogP contribution in [0.25, 0.3) is 0 Å². The highest BCUT2D eigenvalue weighted by atomic mass is 15.3. The minimum absolute atomic E-state index is 0.396. The number of hydrogen-bond donors (Lipinski definition) is 1. The molecule has 1 aromatic rings. The van der Waals surface area contributed by atoms with Gasteiger partial charge in [0.05, 0.1) is 0 Å². The largest absolute Gasteiger partial charge is 0.329 e. The molecule has 104 valence electrons. The third kappa shape index (κ3) is 2.99. The van der Waals surface area contributed by atoms with Crippen LogP contribution in [-0.2, 0) is 0 Å². The van der Waals surface area contributed by atoms with Gasteiger partial charge in [-0.05, 0) is 36.9 Å². The molecule has 2 N–H and O–H groups in total. The highest BCUT2D eigenvalue weighted by molar-refractivity contribution is 5.31. The number of rotatable bonds is 4. The van der Waals surface area contributed by atoms with Crippen LogP contribution in [0.3, 0.4) is 0 Å². The van der Waals surface area contributed by atoms with Gasteiger partial charge in [-0.2, -0.15) is 0 Å². The maximum atomic E-state index is 6.06. The smallest absolute Gasteiger partial charge is 0.0471 e. The van der Waals surface area contributed by atoms with E-state index in [2.05, 4.69) is 41.1 Å². The lowest BCUT2D eigenvalue weighted by molar-refractivity contribution is 0.114. The number of hydrogen-bond acceptors (Lipinski definition) is 3. The Morgan fingerprint density at radius 3 is 2.58 bits per heavy atom. The zero-order valence-corrected chi connectivity index (χ0v) is 11.9. The predicted molar refractivity (Wildman–Crippen MR) is 79.3 cm³/mol. The van der Waals surface area contributed by atoms with Gasteiger partial charge in [-0.3, -0.25) is 4.90 Å². The van der Waals surface area contributed by atoms with Gasteiger partial charge < -0.3 is 10.6 Å². The van der Waals surface area contributed by atoms with Crippen molar-refractivity contribution in [2.45, 2.75) is 24.8 Å². The number of likely N-dealkylation sites (N-methyl/N-ethyl adjacent to an activating group) is 1. The Morgan fingerprint density at radius 2 is 1.95 bits per heavy atom. The summed E-state index contributed by atoms with van der Waals surface area (Å²) in [4.78, 5) is 4.94. The fourth-order valence-electron chi connectivity index (χ4n) is 3.07. The first-order chi connectivity index (χ1) is 9.28. The highest BCUT2D eigenvalue weighted by Crippen LogP contribution is 2.40. The second-order valence-electron chi connectivity index (χ2n) is 6.04. The van der Waals surface area contributed by atoms with Crippen LogP contribution >= 0.6 is 0 Å². The fraction of sp³-hybridized carbons (Fsp3) is 0.625. The summed E-state index contributed by atoms with van der Waals surface area (Å²) in [5, 5.41) is 0. The molecule has 1 aliphatic carbocycles. The molecule has 1 atom stereocenters. The molecule has 1 heterocycles. The molecule has 1 unspecified atom stereocenters. The van der Waals surface area contributed by atoms with Crippen LogP contribution in [0.2, 0.25) is 0 Å². The van der Waals surface area contributed by atoms with Gasteiger partial charge in [-0.15, -0.1) is 0 Å². The zero-order valence-electron chi connectivity index (χ0n) is 11.9. The normalized spacial score (nSPS) is 23.5. The standard InChI is InChI=1S/C16H25N3/c1-18-7-9-19(10-8-18)16(12-17)15-4-2-3-14(11-15)13-5-6-13/h2-4,11,13,16H,5-10,12,17H2,1H3. The molecular formula is C16H25N3. The van der Waals surface area contributed by atoms with E-state index in [0.717, 1.165) is 38.6 Å². The highest BCUT2D eigenvalue weighted by Gasteiger charge is 2.26. The Bertz CT molecular complexity index is 420. The molecule has 0 aromatic heterocycles. The van der Waals surface area contributed by atoms with E-state index < -0.39 is 0 Å². The van der Waals surface area contributed by atoms with E-state index in [1.54, 1.807) is 0 Å². The molecule has 3 nitrogen and oxygen atoms in total. The van der Waals surface area contributed by atoms with Crippen LogP contribution in [-0.4, -0.2) is 49.6 Å². The molecule has 1 saturated carbocycles.